The van der Waals surface area contributed by atoms with Gasteiger partial charge in [-0.2, -0.15) is 0 Å². The number of ether oxygens (including phenoxy) is 1. The Hall–Kier alpha value is -2.88. The van der Waals surface area contributed by atoms with E-state index in [0.29, 0.717) is 22.4 Å². The van der Waals surface area contributed by atoms with E-state index in [0.717, 1.165) is 0 Å². The third-order valence-corrected chi connectivity index (χ3v) is 3.21. The van der Waals surface area contributed by atoms with E-state index in [1.54, 1.807) is 42.5 Å². The van der Waals surface area contributed by atoms with Gasteiger partial charge in [0.05, 0.1) is 7.11 Å². The summed E-state index contributed by atoms with van der Waals surface area (Å²) in [7, 11) is 1.47. The molecule has 0 spiro atoms. The highest BCUT2D eigenvalue weighted by atomic mass is 16.5. The van der Waals surface area contributed by atoms with Crippen LogP contribution in [0.1, 0.15) is 33.2 Å². The molecule has 2 aromatic carbocycles. The van der Waals surface area contributed by atoms with Crippen molar-refractivity contribution in [1.82, 2.24) is 0 Å². The summed E-state index contributed by atoms with van der Waals surface area (Å²) in [6, 6.07) is 11.4. The Balaban J connectivity index is 2.14. The molecule has 0 fully saturated rings. The second kappa shape index (κ2) is 6.72. The van der Waals surface area contributed by atoms with E-state index in [9.17, 15) is 14.7 Å². The van der Waals surface area contributed by atoms with E-state index >= 15 is 0 Å². The molecule has 4 nitrogen and oxygen atoms in total. The average molecular weight is 296 g/mol. The van der Waals surface area contributed by atoms with Crippen LogP contribution in [0.2, 0.25) is 0 Å². The topological polar surface area (TPSA) is 63.6 Å². The molecule has 4 heteroatoms. The van der Waals surface area contributed by atoms with Crippen LogP contribution in [0.4, 0.5) is 0 Å². The van der Waals surface area contributed by atoms with Gasteiger partial charge in [-0.15, -0.1) is 0 Å². The fraction of sp³-hybridized carbons (Fsp3) is 0.111. The molecule has 112 valence electrons. The van der Waals surface area contributed by atoms with Crippen LogP contribution in [0.25, 0.3) is 6.08 Å². The molecule has 0 aromatic heterocycles. The van der Waals surface area contributed by atoms with Gasteiger partial charge in [-0.1, -0.05) is 36.4 Å². The maximum absolute atomic E-state index is 12.0. The first kappa shape index (κ1) is 15.5. The van der Waals surface area contributed by atoms with Crippen molar-refractivity contribution >= 4 is 17.6 Å². The molecule has 0 unspecified atom stereocenters. The number of aromatic hydroxyl groups is 1. The highest BCUT2D eigenvalue weighted by Gasteiger charge is 2.05. The van der Waals surface area contributed by atoms with Crippen LogP contribution in [0.5, 0.6) is 11.5 Å². The number of phenolic OH excluding ortho intramolecular Hbond substituents is 1. The lowest BCUT2D eigenvalue weighted by Gasteiger charge is -2.03. The second-order valence-electron chi connectivity index (χ2n) is 4.76. The molecule has 0 radical (unpaired) electrons. The molecule has 0 amide bonds. The molecule has 0 saturated heterocycles. The van der Waals surface area contributed by atoms with Gasteiger partial charge in [-0.3, -0.25) is 9.59 Å². The van der Waals surface area contributed by atoms with Crippen molar-refractivity contribution in [1.29, 1.82) is 0 Å². The molecule has 2 aromatic rings. The minimum Gasteiger partial charge on any atom is -0.504 e. The zero-order valence-electron chi connectivity index (χ0n) is 12.4. The van der Waals surface area contributed by atoms with Crippen LogP contribution in [0, 0.1) is 0 Å². The number of rotatable bonds is 5. The van der Waals surface area contributed by atoms with Crippen LogP contribution in [-0.2, 0) is 0 Å². The zero-order chi connectivity index (χ0) is 16.1. The predicted octanol–water partition coefficient (Wildman–Crippen LogP) is 3.50. The van der Waals surface area contributed by atoms with Crippen LogP contribution < -0.4 is 4.74 Å². The third-order valence-electron chi connectivity index (χ3n) is 3.21. The highest BCUT2D eigenvalue weighted by molar-refractivity contribution is 6.07. The smallest absolute Gasteiger partial charge is 0.185 e. The van der Waals surface area contributed by atoms with Crippen molar-refractivity contribution in [2.24, 2.45) is 0 Å². The van der Waals surface area contributed by atoms with Gasteiger partial charge in [-0.05, 0) is 30.7 Å². The number of Topliss-reactive ketones (excluding diaryl/α,β-unsaturated/α-hetero) is 1. The maximum Gasteiger partial charge on any atom is 0.185 e. The number of phenols is 1. The highest BCUT2D eigenvalue weighted by Crippen LogP contribution is 2.26. The van der Waals surface area contributed by atoms with Gasteiger partial charge in [0.1, 0.15) is 0 Å². The Kier molecular flexibility index (Phi) is 4.73. The molecule has 0 aliphatic rings. The van der Waals surface area contributed by atoms with Gasteiger partial charge < -0.3 is 9.84 Å². The van der Waals surface area contributed by atoms with Gasteiger partial charge in [0.25, 0.3) is 0 Å². The fourth-order valence-corrected chi connectivity index (χ4v) is 1.95. The minimum absolute atomic E-state index is 0.0166. The summed E-state index contributed by atoms with van der Waals surface area (Å²) in [6.45, 7) is 1.48. The SMILES string of the molecule is COc1ccc(C=CC(=O)c2ccc(C(C)=O)cc2)cc1O. The van der Waals surface area contributed by atoms with Crippen molar-refractivity contribution in [3.05, 3.63) is 65.2 Å². The number of carbonyl (C=O) groups is 2. The molecule has 22 heavy (non-hydrogen) atoms. The Labute approximate surface area is 128 Å². The normalized spacial score (nSPS) is 10.6. The molecule has 0 saturated carbocycles. The van der Waals surface area contributed by atoms with Crippen molar-refractivity contribution in [2.45, 2.75) is 6.92 Å². The maximum atomic E-state index is 12.0. The lowest BCUT2D eigenvalue weighted by molar-refractivity contribution is 0.101. The van der Waals surface area contributed by atoms with Gasteiger partial charge in [0.2, 0.25) is 0 Å². The van der Waals surface area contributed by atoms with Crippen molar-refractivity contribution < 1.29 is 19.4 Å². The Morgan fingerprint density at radius 1 is 1.05 bits per heavy atom. The lowest BCUT2D eigenvalue weighted by Crippen LogP contribution is -1.97. The third kappa shape index (κ3) is 3.61. The number of methoxy groups -OCH3 is 1. The Bertz CT molecular complexity index is 727. The van der Waals surface area contributed by atoms with Gasteiger partial charge in [0, 0.05) is 11.1 Å². The van der Waals surface area contributed by atoms with Crippen molar-refractivity contribution in [3.63, 3.8) is 0 Å². The summed E-state index contributed by atoms with van der Waals surface area (Å²) in [5.74, 6) is 0.180. The molecule has 0 aliphatic heterocycles. The quantitative estimate of drug-likeness (QED) is 0.677. The van der Waals surface area contributed by atoms with E-state index in [1.165, 1.54) is 26.2 Å². The molecule has 2 rings (SSSR count). The van der Waals surface area contributed by atoms with Crippen LogP contribution in [0.15, 0.2) is 48.5 Å². The first-order valence-electron chi connectivity index (χ1n) is 6.71. The fourth-order valence-electron chi connectivity index (χ4n) is 1.95. The van der Waals surface area contributed by atoms with E-state index < -0.39 is 0 Å². The molecule has 0 bridgehead atoms. The predicted molar refractivity (Wildman–Crippen MR) is 84.5 cm³/mol. The van der Waals surface area contributed by atoms with Gasteiger partial charge >= 0.3 is 0 Å². The number of allylic oxidation sites excluding steroid dienone is 1. The first-order valence-corrected chi connectivity index (χ1v) is 6.71. The first-order chi connectivity index (χ1) is 10.5. The molecule has 0 heterocycles. The van der Waals surface area contributed by atoms with Crippen LogP contribution in [-0.4, -0.2) is 23.8 Å². The largest absolute Gasteiger partial charge is 0.504 e. The van der Waals surface area contributed by atoms with E-state index in [4.69, 9.17) is 4.74 Å². The monoisotopic (exact) mass is 296 g/mol. The lowest BCUT2D eigenvalue weighted by atomic mass is 10.1. The number of ketones is 2. The number of benzene rings is 2. The minimum atomic E-state index is -0.176. The summed E-state index contributed by atoms with van der Waals surface area (Å²) in [4.78, 5) is 23.2. The van der Waals surface area contributed by atoms with Crippen LogP contribution in [0.3, 0.4) is 0 Å². The standard InChI is InChI=1S/C18H16O4/c1-12(19)14-5-7-15(8-6-14)16(20)9-3-13-4-10-18(22-2)17(21)11-13/h3-11,21H,1-2H3. The van der Waals surface area contributed by atoms with E-state index in [1.807, 2.05) is 0 Å². The second-order valence-corrected chi connectivity index (χ2v) is 4.76. The van der Waals surface area contributed by atoms with Crippen molar-refractivity contribution in [2.75, 3.05) is 7.11 Å². The summed E-state index contributed by atoms with van der Waals surface area (Å²) in [5, 5.41) is 9.68. The molecule has 0 atom stereocenters. The van der Waals surface area contributed by atoms with Gasteiger partial charge in [-0.25, -0.2) is 0 Å². The van der Waals surface area contributed by atoms with Gasteiger partial charge in [0.15, 0.2) is 23.1 Å². The van der Waals surface area contributed by atoms with E-state index in [2.05, 4.69) is 0 Å². The Morgan fingerprint density at radius 3 is 2.23 bits per heavy atom. The molecule has 1 N–H and O–H groups in total. The number of hydrogen-bond acceptors (Lipinski definition) is 4. The molecule has 0 aliphatic carbocycles. The summed E-state index contributed by atoms with van der Waals surface area (Å²) < 4.78 is 4.96. The number of hydrogen-bond donors (Lipinski definition) is 1. The number of carbonyl (C=O) groups excluding carboxylic acids is 2. The summed E-state index contributed by atoms with van der Waals surface area (Å²) >= 11 is 0. The zero-order valence-corrected chi connectivity index (χ0v) is 12.4. The summed E-state index contributed by atoms with van der Waals surface area (Å²) in [6.07, 6.45) is 3.03. The van der Waals surface area contributed by atoms with Crippen molar-refractivity contribution in [3.8, 4) is 11.5 Å². The Morgan fingerprint density at radius 2 is 1.68 bits per heavy atom. The molecular weight excluding hydrogens is 280 g/mol. The summed E-state index contributed by atoms with van der Waals surface area (Å²) in [5.41, 5.74) is 1.76. The molecular formula is C18H16O4. The van der Waals surface area contributed by atoms with E-state index in [-0.39, 0.29) is 17.3 Å². The average Bonchev–Trinajstić information content (AvgIpc) is 2.52. The van der Waals surface area contributed by atoms with Crippen LogP contribution >= 0.6 is 0 Å².